The van der Waals surface area contributed by atoms with Gasteiger partial charge in [0, 0.05) is 0 Å². The van der Waals surface area contributed by atoms with Gasteiger partial charge in [-0.3, -0.25) is 0 Å². The molecule has 0 spiro atoms. The topological polar surface area (TPSA) is 47.6 Å². The van der Waals surface area contributed by atoms with Crippen LogP contribution in [0.15, 0.2) is 30.0 Å². The summed E-state index contributed by atoms with van der Waals surface area (Å²) in [6, 6.07) is 3.04. The molecule has 1 radical (unpaired) electrons. The first-order valence-corrected chi connectivity index (χ1v) is 4.72. The van der Waals surface area contributed by atoms with Crippen molar-refractivity contribution in [3.63, 3.8) is 0 Å². The molecule has 5 heteroatoms. The fourth-order valence-corrected chi connectivity index (χ4v) is 1.29. The number of hydrogen-bond donors (Lipinski definition) is 1. The van der Waals surface area contributed by atoms with Gasteiger partial charge in [-0.2, -0.15) is 0 Å². The van der Waals surface area contributed by atoms with Crippen LogP contribution in [0.2, 0.25) is 0 Å². The number of nitrogens with zero attached hydrogens (tertiary/aromatic N) is 1. The summed E-state index contributed by atoms with van der Waals surface area (Å²) in [5, 5.41) is 0. The van der Waals surface area contributed by atoms with Gasteiger partial charge in [-0.15, -0.1) is 0 Å². The van der Waals surface area contributed by atoms with Crippen LogP contribution in [0.3, 0.4) is 0 Å². The molecule has 0 unspecified atom stereocenters. The highest BCUT2D eigenvalue weighted by Crippen LogP contribution is 2.16. The van der Waals surface area contributed by atoms with E-state index in [0.717, 1.165) is 11.2 Å². The molecule has 1 aromatic carbocycles. The number of hydrogen-bond acceptors (Lipinski definition) is 3. The number of fused-ring (bicyclic) bond motifs is 1. The third-order valence-corrected chi connectivity index (χ3v) is 2.13. The van der Waals surface area contributed by atoms with Gasteiger partial charge in [-0.25, -0.2) is 9.38 Å². The van der Waals surface area contributed by atoms with Gasteiger partial charge >= 0.3 is 0 Å². The van der Waals surface area contributed by atoms with Crippen LogP contribution < -0.4 is 11.2 Å². The predicted molar refractivity (Wildman–Crippen MR) is 65.0 cm³/mol. The van der Waals surface area contributed by atoms with E-state index in [9.17, 15) is 4.39 Å². The van der Waals surface area contributed by atoms with E-state index in [1.54, 1.807) is 27.4 Å². The third-order valence-electron chi connectivity index (χ3n) is 2.13. The summed E-state index contributed by atoms with van der Waals surface area (Å²) in [5.74, 6) is -0.213. The molecular weight excluding hydrogens is 206 g/mol. The maximum atomic E-state index is 13.0. The minimum atomic E-state index is -0.213. The Morgan fingerprint density at radius 1 is 1.56 bits per heavy atom. The lowest BCUT2D eigenvalue weighted by atomic mass is 9.68. The van der Waals surface area contributed by atoms with Crippen LogP contribution in [0, 0.1) is 12.7 Å². The molecule has 1 heterocycles. The fourth-order valence-electron chi connectivity index (χ4n) is 1.29. The van der Waals surface area contributed by atoms with Crippen LogP contribution in [-0.4, -0.2) is 20.1 Å². The number of ether oxygens (including phenoxy) is 1. The highest BCUT2D eigenvalue weighted by molar-refractivity contribution is 6.87. The van der Waals surface area contributed by atoms with Gasteiger partial charge in [-0.05, 0) is 30.1 Å². The van der Waals surface area contributed by atoms with Gasteiger partial charge in [0.15, 0.2) is 0 Å². The van der Waals surface area contributed by atoms with Crippen molar-refractivity contribution in [3.05, 3.63) is 36.4 Å². The Labute approximate surface area is 95.1 Å². The average molecular weight is 219 g/mol. The van der Waals surface area contributed by atoms with Crippen LogP contribution >= 0.6 is 0 Å². The molecule has 16 heavy (non-hydrogen) atoms. The van der Waals surface area contributed by atoms with E-state index in [1.165, 1.54) is 12.3 Å². The van der Waals surface area contributed by atoms with Crippen LogP contribution in [0.1, 0.15) is 5.56 Å². The van der Waals surface area contributed by atoms with E-state index >= 15 is 0 Å². The van der Waals surface area contributed by atoms with Crippen molar-refractivity contribution >= 4 is 24.2 Å². The smallest absolute Gasteiger partial charge is 0.242 e. The van der Waals surface area contributed by atoms with E-state index < -0.39 is 0 Å². The number of halogens is 1. The van der Waals surface area contributed by atoms with Crippen LogP contribution in [0.5, 0.6) is 0 Å². The Balaban J connectivity index is 0.000000280. The van der Waals surface area contributed by atoms with E-state index in [0.29, 0.717) is 11.3 Å². The molecular formula is C11H13BFN2O. The van der Waals surface area contributed by atoms with Crippen LogP contribution in [-0.2, 0) is 4.74 Å². The zero-order valence-corrected chi connectivity index (χ0v) is 9.33. The Bertz CT molecular complexity index is 432. The molecule has 3 nitrogen and oxygen atoms in total. The predicted octanol–water partition coefficient (Wildman–Crippen LogP) is 1.20. The number of rotatable bonds is 1. The zero-order valence-electron chi connectivity index (χ0n) is 9.33. The lowest BCUT2D eigenvalue weighted by Gasteiger charge is -2.01. The molecule has 83 valence electrons. The van der Waals surface area contributed by atoms with E-state index in [1.807, 2.05) is 0 Å². The molecule has 0 saturated carbocycles. The molecule has 2 rings (SSSR count). The number of nitrogens with two attached hydrogens (primary N) is 1. The van der Waals surface area contributed by atoms with Crippen molar-refractivity contribution in [1.29, 1.82) is 0 Å². The second-order valence-electron chi connectivity index (χ2n) is 3.19. The first-order chi connectivity index (χ1) is 7.60. The molecule has 0 bridgehead atoms. The second kappa shape index (κ2) is 5.35. The first kappa shape index (κ1) is 12.3. The van der Waals surface area contributed by atoms with Crippen LogP contribution in [0.25, 0.3) is 0 Å². The molecule has 0 fully saturated rings. The highest BCUT2D eigenvalue weighted by atomic mass is 19.1. The van der Waals surface area contributed by atoms with Gasteiger partial charge in [-0.1, -0.05) is 6.58 Å². The Morgan fingerprint density at radius 2 is 2.19 bits per heavy atom. The van der Waals surface area contributed by atoms with Gasteiger partial charge in [0.05, 0.1) is 24.8 Å². The molecule has 1 aromatic rings. The maximum absolute atomic E-state index is 13.0. The number of amidine groups is 1. The van der Waals surface area contributed by atoms with Crippen molar-refractivity contribution in [2.75, 3.05) is 7.11 Å². The van der Waals surface area contributed by atoms with E-state index in [4.69, 9.17) is 5.73 Å². The zero-order chi connectivity index (χ0) is 12.1. The lowest BCUT2D eigenvalue weighted by Crippen LogP contribution is -2.27. The Hall–Kier alpha value is -1.78. The molecule has 0 atom stereocenters. The van der Waals surface area contributed by atoms with Crippen molar-refractivity contribution < 1.29 is 9.13 Å². The summed E-state index contributed by atoms with van der Waals surface area (Å²) >= 11 is 0. The minimum absolute atomic E-state index is 0.213. The standard InChI is InChI=1S/C8H7BFN2.C3H6O/c1-4-5(10)2-3-6-7(4)9-8(11)12-6;1-3-4-2/h2-3H,1H3,(H2,11,12);3H,1H2,2H3. The fraction of sp³-hybridized carbons (Fsp3) is 0.182. The minimum Gasteiger partial charge on any atom is -0.505 e. The van der Waals surface area contributed by atoms with Crippen molar-refractivity contribution in [2.24, 2.45) is 10.7 Å². The monoisotopic (exact) mass is 219 g/mol. The first-order valence-electron chi connectivity index (χ1n) is 4.72. The normalized spacial score (nSPS) is 11.6. The molecule has 0 saturated heterocycles. The number of benzene rings is 1. The number of aliphatic imine (C=N–C) groups is 1. The van der Waals surface area contributed by atoms with Gasteiger partial charge in [0.2, 0.25) is 7.28 Å². The summed E-state index contributed by atoms with van der Waals surface area (Å²) in [4.78, 5) is 4.03. The summed E-state index contributed by atoms with van der Waals surface area (Å²) in [7, 11) is 3.25. The average Bonchev–Trinajstić information content (AvgIpc) is 2.66. The molecule has 0 aromatic heterocycles. The van der Waals surface area contributed by atoms with Crippen molar-refractivity contribution in [2.45, 2.75) is 6.92 Å². The second-order valence-corrected chi connectivity index (χ2v) is 3.19. The summed E-state index contributed by atoms with van der Waals surface area (Å²) in [6.07, 6.45) is 1.38. The van der Waals surface area contributed by atoms with E-state index in [-0.39, 0.29) is 5.82 Å². The molecule has 0 aliphatic carbocycles. The molecule has 0 amide bonds. The lowest BCUT2D eigenvalue weighted by molar-refractivity contribution is 0.339. The van der Waals surface area contributed by atoms with Gasteiger partial charge in [0.1, 0.15) is 5.82 Å². The number of methoxy groups -OCH3 is 1. The largest absolute Gasteiger partial charge is 0.505 e. The van der Waals surface area contributed by atoms with E-state index in [2.05, 4.69) is 16.3 Å². The quantitative estimate of drug-likeness (QED) is 0.569. The Morgan fingerprint density at radius 3 is 2.75 bits per heavy atom. The van der Waals surface area contributed by atoms with Gasteiger partial charge < -0.3 is 10.5 Å². The van der Waals surface area contributed by atoms with Crippen LogP contribution in [0.4, 0.5) is 10.1 Å². The Kier molecular flexibility index (Phi) is 4.11. The summed E-state index contributed by atoms with van der Waals surface area (Å²) < 4.78 is 17.3. The van der Waals surface area contributed by atoms with Crippen molar-refractivity contribution in [3.8, 4) is 0 Å². The SMILES string of the molecule is C=COC.Cc1c(F)ccc2c1[B]C(N)=N2. The van der Waals surface area contributed by atoms with Crippen molar-refractivity contribution in [1.82, 2.24) is 0 Å². The maximum Gasteiger partial charge on any atom is 0.242 e. The summed E-state index contributed by atoms with van der Waals surface area (Å²) in [5.41, 5.74) is 8.08. The molecule has 1 aliphatic rings. The molecule has 2 N–H and O–H groups in total. The summed E-state index contributed by atoms with van der Waals surface area (Å²) in [6.45, 7) is 4.98. The third kappa shape index (κ3) is 2.62. The molecule has 1 aliphatic heterocycles. The van der Waals surface area contributed by atoms with Gasteiger partial charge in [0.25, 0.3) is 0 Å². The highest BCUT2D eigenvalue weighted by Gasteiger charge is 2.17.